The Morgan fingerprint density at radius 1 is 1.21 bits per heavy atom. The molecule has 1 aliphatic rings. The molecule has 0 amide bonds. The third-order valence-electron chi connectivity index (χ3n) is 6.86. The highest BCUT2D eigenvalue weighted by Crippen LogP contribution is 2.34. The third kappa shape index (κ3) is 7.94. The van der Waals surface area contributed by atoms with Gasteiger partial charge >= 0.3 is 5.97 Å². The SMILES string of the molecule is COCCCCc1cc(C[C@@H](C[C@H](N=[N+]=[N-])C2C[C@@H](C(C)C)C(=O)O2)C(C)C)ccc1OC. The Hall–Kier alpha value is -2.24. The molecule has 0 aliphatic carbocycles. The van der Waals surface area contributed by atoms with Gasteiger partial charge < -0.3 is 14.2 Å². The number of unbranched alkanes of at least 4 members (excludes halogenated alkanes) is 1. The minimum atomic E-state index is -0.345. The van der Waals surface area contributed by atoms with Gasteiger partial charge in [0.05, 0.1) is 19.1 Å². The smallest absolute Gasteiger partial charge is 0.309 e. The van der Waals surface area contributed by atoms with Crippen molar-refractivity contribution in [3.8, 4) is 5.75 Å². The number of cyclic esters (lactones) is 1. The summed E-state index contributed by atoms with van der Waals surface area (Å²) in [4.78, 5) is 15.4. The van der Waals surface area contributed by atoms with Crippen LogP contribution in [0.4, 0.5) is 0 Å². The number of hydrogen-bond acceptors (Lipinski definition) is 5. The van der Waals surface area contributed by atoms with Crippen molar-refractivity contribution < 1.29 is 19.0 Å². The molecule has 1 aromatic carbocycles. The van der Waals surface area contributed by atoms with Gasteiger partial charge in [-0.3, -0.25) is 4.79 Å². The van der Waals surface area contributed by atoms with Crippen molar-refractivity contribution in [3.63, 3.8) is 0 Å². The van der Waals surface area contributed by atoms with E-state index in [2.05, 4.69) is 42.1 Å². The molecular formula is C26H41N3O4. The fourth-order valence-corrected chi connectivity index (χ4v) is 4.67. The van der Waals surface area contributed by atoms with Crippen LogP contribution in [0.2, 0.25) is 0 Å². The summed E-state index contributed by atoms with van der Waals surface area (Å²) in [5, 5.41) is 4.07. The van der Waals surface area contributed by atoms with Crippen LogP contribution < -0.4 is 4.74 Å². The standard InChI is InChI=1S/C26H41N3O4/c1-17(2)21(15-23(28-29-27)25-16-22(18(3)4)26(30)33-25)14-19-10-11-24(32-6)20(13-19)9-7-8-12-31-5/h10-11,13,17-18,21-23,25H,7-9,12,14-16H2,1-6H3/t21-,22-,23-,25?/m0/s1. The fraction of sp³-hybridized carbons (Fsp3) is 0.731. The fourth-order valence-electron chi connectivity index (χ4n) is 4.67. The molecule has 7 heteroatoms. The Morgan fingerprint density at radius 3 is 2.55 bits per heavy atom. The van der Waals surface area contributed by atoms with E-state index in [1.807, 2.05) is 13.8 Å². The Morgan fingerprint density at radius 2 is 1.97 bits per heavy atom. The van der Waals surface area contributed by atoms with Gasteiger partial charge in [0, 0.05) is 18.6 Å². The highest BCUT2D eigenvalue weighted by molar-refractivity contribution is 5.75. The van der Waals surface area contributed by atoms with Crippen molar-refractivity contribution in [2.24, 2.45) is 28.8 Å². The number of esters is 1. The largest absolute Gasteiger partial charge is 0.496 e. The minimum absolute atomic E-state index is 0.119. The number of carbonyl (C=O) groups is 1. The van der Waals surface area contributed by atoms with Crippen LogP contribution in [0.25, 0.3) is 10.4 Å². The Kier molecular flexibility index (Phi) is 11.0. The van der Waals surface area contributed by atoms with Crippen molar-refractivity contribution >= 4 is 5.97 Å². The predicted molar refractivity (Wildman–Crippen MR) is 130 cm³/mol. The summed E-state index contributed by atoms with van der Waals surface area (Å²) in [6.45, 7) is 9.23. The molecule has 33 heavy (non-hydrogen) atoms. The summed E-state index contributed by atoms with van der Waals surface area (Å²) in [5.74, 6) is 1.55. The summed E-state index contributed by atoms with van der Waals surface area (Å²) in [7, 11) is 3.44. The van der Waals surface area contributed by atoms with Gasteiger partial charge in [-0.1, -0.05) is 44.9 Å². The van der Waals surface area contributed by atoms with Crippen LogP contribution in [0.5, 0.6) is 5.75 Å². The van der Waals surface area contributed by atoms with Gasteiger partial charge in [-0.05, 0) is 79.0 Å². The van der Waals surface area contributed by atoms with Crippen LogP contribution in [0.15, 0.2) is 23.3 Å². The normalized spacial score (nSPS) is 19.9. The molecule has 0 radical (unpaired) electrons. The van der Waals surface area contributed by atoms with E-state index in [4.69, 9.17) is 14.2 Å². The molecule has 1 aliphatic heterocycles. The van der Waals surface area contributed by atoms with Crippen LogP contribution in [0.1, 0.15) is 64.5 Å². The average molecular weight is 460 g/mol. The van der Waals surface area contributed by atoms with E-state index in [1.54, 1.807) is 14.2 Å². The second-order valence-corrected chi connectivity index (χ2v) is 9.87. The number of nitrogens with zero attached hydrogens (tertiary/aromatic N) is 3. The van der Waals surface area contributed by atoms with Crippen LogP contribution >= 0.6 is 0 Å². The number of aryl methyl sites for hydroxylation is 1. The average Bonchev–Trinajstić information content (AvgIpc) is 3.17. The maximum Gasteiger partial charge on any atom is 0.309 e. The van der Waals surface area contributed by atoms with Crippen molar-refractivity contribution in [1.82, 2.24) is 0 Å². The van der Waals surface area contributed by atoms with Crippen molar-refractivity contribution in [2.45, 2.75) is 78.4 Å². The molecule has 0 N–H and O–H groups in total. The van der Waals surface area contributed by atoms with E-state index in [0.29, 0.717) is 24.7 Å². The predicted octanol–water partition coefficient (Wildman–Crippen LogP) is 6.14. The highest BCUT2D eigenvalue weighted by Gasteiger charge is 2.40. The first-order valence-electron chi connectivity index (χ1n) is 12.2. The molecular weight excluding hydrogens is 418 g/mol. The molecule has 0 bridgehead atoms. The lowest BCUT2D eigenvalue weighted by Gasteiger charge is -2.27. The van der Waals surface area contributed by atoms with E-state index in [1.165, 1.54) is 11.1 Å². The summed E-state index contributed by atoms with van der Waals surface area (Å²) < 4.78 is 16.4. The molecule has 1 unspecified atom stereocenters. The molecule has 1 saturated heterocycles. The Labute approximate surface area is 198 Å². The molecule has 0 spiro atoms. The second-order valence-electron chi connectivity index (χ2n) is 9.87. The summed E-state index contributed by atoms with van der Waals surface area (Å²) in [6.07, 6.45) is 4.86. The van der Waals surface area contributed by atoms with E-state index in [0.717, 1.165) is 38.0 Å². The lowest BCUT2D eigenvalue weighted by Crippen LogP contribution is -2.29. The van der Waals surface area contributed by atoms with E-state index in [9.17, 15) is 10.3 Å². The molecule has 1 heterocycles. The zero-order valence-corrected chi connectivity index (χ0v) is 21.1. The summed E-state index contributed by atoms with van der Waals surface area (Å²) >= 11 is 0. The zero-order valence-electron chi connectivity index (χ0n) is 21.1. The number of azide groups is 1. The second kappa shape index (κ2) is 13.5. The van der Waals surface area contributed by atoms with Crippen molar-refractivity contribution in [3.05, 3.63) is 39.8 Å². The highest BCUT2D eigenvalue weighted by atomic mass is 16.6. The Bertz CT molecular complexity index is 805. The molecule has 1 aromatic rings. The van der Waals surface area contributed by atoms with Gasteiger partial charge in [0.1, 0.15) is 11.9 Å². The van der Waals surface area contributed by atoms with Crippen molar-refractivity contribution in [2.75, 3.05) is 20.8 Å². The number of ether oxygens (including phenoxy) is 3. The molecule has 2 rings (SSSR count). The topological polar surface area (TPSA) is 93.5 Å². The molecule has 1 fully saturated rings. The molecule has 0 saturated carbocycles. The lowest BCUT2D eigenvalue weighted by atomic mass is 9.81. The van der Waals surface area contributed by atoms with Crippen molar-refractivity contribution in [1.29, 1.82) is 0 Å². The quantitative estimate of drug-likeness (QED) is 0.110. The number of rotatable bonds is 14. The molecule has 184 valence electrons. The van der Waals surface area contributed by atoms with E-state index in [-0.39, 0.29) is 30.0 Å². The third-order valence-corrected chi connectivity index (χ3v) is 6.86. The van der Waals surface area contributed by atoms with E-state index >= 15 is 0 Å². The van der Waals surface area contributed by atoms with Gasteiger partial charge in [0.15, 0.2) is 0 Å². The molecule has 7 nitrogen and oxygen atoms in total. The first-order valence-corrected chi connectivity index (χ1v) is 12.2. The molecule has 0 aromatic heterocycles. The summed E-state index contributed by atoms with van der Waals surface area (Å²) in [5.41, 5.74) is 11.7. The van der Waals surface area contributed by atoms with Gasteiger partial charge in [-0.2, -0.15) is 0 Å². The van der Waals surface area contributed by atoms with Gasteiger partial charge in [-0.25, -0.2) is 0 Å². The first kappa shape index (κ1) is 27.0. The number of methoxy groups -OCH3 is 2. The lowest BCUT2D eigenvalue weighted by molar-refractivity contribution is -0.145. The van der Waals surface area contributed by atoms with E-state index < -0.39 is 0 Å². The number of benzene rings is 1. The maximum atomic E-state index is 12.3. The number of carbonyl (C=O) groups excluding carboxylic acids is 1. The first-order chi connectivity index (χ1) is 15.8. The van der Waals surface area contributed by atoms with Crippen LogP contribution in [-0.2, 0) is 27.1 Å². The molecule has 4 atom stereocenters. The van der Waals surface area contributed by atoms with Gasteiger partial charge in [0.2, 0.25) is 0 Å². The van der Waals surface area contributed by atoms with Gasteiger partial charge in [0.25, 0.3) is 0 Å². The zero-order chi connectivity index (χ0) is 24.4. The monoisotopic (exact) mass is 459 g/mol. The van der Waals surface area contributed by atoms with Gasteiger partial charge in [-0.15, -0.1) is 0 Å². The number of hydrogen-bond donors (Lipinski definition) is 0. The van der Waals surface area contributed by atoms with Crippen LogP contribution in [0, 0.1) is 23.7 Å². The van der Waals surface area contributed by atoms with Crippen LogP contribution in [0.3, 0.4) is 0 Å². The summed E-state index contributed by atoms with van der Waals surface area (Å²) in [6, 6.07) is 6.07. The minimum Gasteiger partial charge on any atom is -0.496 e. The maximum absolute atomic E-state index is 12.3. The Balaban J connectivity index is 2.14. The van der Waals surface area contributed by atoms with Crippen LogP contribution in [-0.4, -0.2) is 38.9 Å².